The van der Waals surface area contributed by atoms with Gasteiger partial charge in [-0.15, -0.1) is 0 Å². The fourth-order valence-electron chi connectivity index (χ4n) is 3.88. The van der Waals surface area contributed by atoms with Crippen LogP contribution in [0.4, 0.5) is 4.79 Å². The van der Waals surface area contributed by atoms with Crippen molar-refractivity contribution in [2.45, 2.75) is 56.8 Å². The Morgan fingerprint density at radius 3 is 2.28 bits per heavy atom. The Bertz CT molecular complexity index is 788. The van der Waals surface area contributed by atoms with E-state index in [1.165, 1.54) is 4.90 Å². The molecule has 2 fully saturated rings. The van der Waals surface area contributed by atoms with Gasteiger partial charge >= 0.3 is 6.09 Å². The van der Waals surface area contributed by atoms with Gasteiger partial charge in [-0.1, -0.05) is 0 Å². The maximum Gasteiger partial charge on any atom is 0.407 e. The van der Waals surface area contributed by atoms with Crippen LogP contribution in [0.5, 0.6) is 5.88 Å². The Morgan fingerprint density at radius 2 is 1.66 bits per heavy atom. The number of carbonyl (C=O) groups is 1. The Balaban J connectivity index is 1.21. The number of hydrogen-bond acceptors (Lipinski definition) is 7. The number of hydrogen-bond donors (Lipinski definition) is 1. The SMILES string of the molecule is O=C(O)N1CCC(OC2CCC(Oc3cnc(-c4ccnnc4)cn3)CC2)CC1. The zero-order valence-corrected chi connectivity index (χ0v) is 16.2. The van der Waals surface area contributed by atoms with E-state index < -0.39 is 6.09 Å². The van der Waals surface area contributed by atoms with Gasteiger partial charge in [-0.2, -0.15) is 10.2 Å². The Morgan fingerprint density at radius 1 is 0.931 bits per heavy atom. The van der Waals surface area contributed by atoms with Crippen LogP contribution in [0.1, 0.15) is 38.5 Å². The molecule has 4 rings (SSSR count). The van der Waals surface area contributed by atoms with Gasteiger partial charge < -0.3 is 19.5 Å². The second-order valence-corrected chi connectivity index (χ2v) is 7.49. The first kappa shape index (κ1) is 19.5. The largest absolute Gasteiger partial charge is 0.473 e. The first-order valence-corrected chi connectivity index (χ1v) is 10.1. The molecular formula is C20H25N5O4. The highest BCUT2D eigenvalue weighted by Gasteiger charge is 2.28. The van der Waals surface area contributed by atoms with Gasteiger partial charge in [0.25, 0.3) is 0 Å². The normalized spacial score (nSPS) is 23.0. The van der Waals surface area contributed by atoms with Crippen molar-refractivity contribution in [1.82, 2.24) is 25.1 Å². The Kier molecular flexibility index (Phi) is 6.14. The summed E-state index contributed by atoms with van der Waals surface area (Å²) in [5, 5.41) is 16.6. The van der Waals surface area contributed by atoms with Crippen LogP contribution in [-0.4, -0.2) is 67.7 Å². The number of amides is 1. The standard InChI is InChI=1S/C20H25N5O4/c26-20(27)25-9-6-17(7-10-25)28-15-1-3-16(4-2-15)29-19-13-21-18(12-22-19)14-5-8-23-24-11-14/h5,8,11-13,15-17H,1-4,6-7,9-10H2,(H,26,27). The topological polar surface area (TPSA) is 111 Å². The summed E-state index contributed by atoms with van der Waals surface area (Å²) in [6.07, 6.45) is 11.5. The molecule has 1 aliphatic heterocycles. The van der Waals surface area contributed by atoms with Crippen molar-refractivity contribution in [3.63, 3.8) is 0 Å². The quantitative estimate of drug-likeness (QED) is 0.817. The smallest absolute Gasteiger partial charge is 0.407 e. The number of ether oxygens (including phenoxy) is 2. The predicted octanol–water partition coefficient (Wildman–Crippen LogP) is 2.78. The van der Waals surface area contributed by atoms with Gasteiger partial charge in [0.05, 0.1) is 42.7 Å². The summed E-state index contributed by atoms with van der Waals surface area (Å²) >= 11 is 0. The van der Waals surface area contributed by atoms with E-state index in [2.05, 4.69) is 20.2 Å². The lowest BCUT2D eigenvalue weighted by Crippen LogP contribution is -2.41. The van der Waals surface area contributed by atoms with Crippen molar-refractivity contribution >= 4 is 6.09 Å². The summed E-state index contributed by atoms with van der Waals surface area (Å²) < 4.78 is 12.2. The first-order valence-electron chi connectivity index (χ1n) is 10.1. The van der Waals surface area contributed by atoms with Crippen LogP contribution in [-0.2, 0) is 4.74 Å². The van der Waals surface area contributed by atoms with Crippen molar-refractivity contribution in [2.75, 3.05) is 13.1 Å². The zero-order chi connectivity index (χ0) is 20.1. The van der Waals surface area contributed by atoms with Gasteiger partial charge in [-0.05, 0) is 44.6 Å². The fraction of sp³-hybridized carbons (Fsp3) is 0.550. The summed E-state index contributed by atoms with van der Waals surface area (Å²) in [6.45, 7) is 1.12. The molecular weight excluding hydrogens is 374 g/mol. The number of carboxylic acid groups (broad SMARTS) is 1. The third-order valence-electron chi connectivity index (χ3n) is 5.51. The molecule has 0 spiro atoms. The number of rotatable bonds is 5. The fourth-order valence-corrected chi connectivity index (χ4v) is 3.88. The second kappa shape index (κ2) is 9.13. The molecule has 9 nitrogen and oxygen atoms in total. The summed E-state index contributed by atoms with van der Waals surface area (Å²) in [7, 11) is 0. The molecule has 0 radical (unpaired) electrons. The van der Waals surface area contributed by atoms with E-state index in [1.807, 2.05) is 6.07 Å². The molecule has 0 unspecified atom stereocenters. The van der Waals surface area contributed by atoms with Crippen LogP contribution >= 0.6 is 0 Å². The van der Waals surface area contributed by atoms with Gasteiger partial charge in [0, 0.05) is 18.7 Å². The van der Waals surface area contributed by atoms with Crippen molar-refractivity contribution in [2.24, 2.45) is 0 Å². The molecule has 1 aliphatic carbocycles. The molecule has 1 saturated carbocycles. The summed E-state index contributed by atoms with van der Waals surface area (Å²) in [5.74, 6) is 0.529. The number of likely N-dealkylation sites (tertiary alicyclic amines) is 1. The van der Waals surface area contributed by atoms with E-state index in [1.54, 1.807) is 24.8 Å². The van der Waals surface area contributed by atoms with Crippen LogP contribution in [0.15, 0.2) is 30.9 Å². The molecule has 2 aliphatic rings. The highest BCUT2D eigenvalue weighted by Crippen LogP contribution is 2.27. The van der Waals surface area contributed by atoms with E-state index in [9.17, 15) is 4.79 Å². The van der Waals surface area contributed by atoms with E-state index in [-0.39, 0.29) is 18.3 Å². The molecule has 29 heavy (non-hydrogen) atoms. The van der Waals surface area contributed by atoms with Crippen LogP contribution < -0.4 is 4.74 Å². The monoisotopic (exact) mass is 399 g/mol. The highest BCUT2D eigenvalue weighted by molar-refractivity contribution is 5.65. The maximum atomic E-state index is 11.0. The highest BCUT2D eigenvalue weighted by atomic mass is 16.5. The average Bonchev–Trinajstić information content (AvgIpc) is 2.77. The van der Waals surface area contributed by atoms with Crippen molar-refractivity contribution < 1.29 is 19.4 Å². The molecule has 1 N–H and O–H groups in total. The molecule has 0 atom stereocenters. The average molecular weight is 399 g/mol. The number of piperidine rings is 1. The van der Waals surface area contributed by atoms with Crippen LogP contribution in [0.25, 0.3) is 11.3 Å². The maximum absolute atomic E-state index is 11.0. The number of aromatic nitrogens is 4. The molecule has 2 aromatic heterocycles. The molecule has 3 heterocycles. The molecule has 154 valence electrons. The lowest BCUT2D eigenvalue weighted by Gasteiger charge is -2.35. The van der Waals surface area contributed by atoms with Crippen LogP contribution in [0.3, 0.4) is 0 Å². The van der Waals surface area contributed by atoms with Gasteiger partial charge in [0.15, 0.2) is 0 Å². The summed E-state index contributed by atoms with van der Waals surface area (Å²) in [6, 6.07) is 1.84. The lowest BCUT2D eigenvalue weighted by atomic mass is 9.94. The predicted molar refractivity (Wildman–Crippen MR) is 103 cm³/mol. The first-order chi connectivity index (χ1) is 14.2. The second-order valence-electron chi connectivity index (χ2n) is 7.49. The van der Waals surface area contributed by atoms with Gasteiger partial charge in [-0.3, -0.25) is 0 Å². The molecule has 9 heteroatoms. The minimum absolute atomic E-state index is 0.117. The molecule has 2 aromatic rings. The van der Waals surface area contributed by atoms with Gasteiger partial charge in [0.1, 0.15) is 6.10 Å². The zero-order valence-electron chi connectivity index (χ0n) is 16.2. The minimum atomic E-state index is -0.838. The van der Waals surface area contributed by atoms with E-state index >= 15 is 0 Å². The Hall–Kier alpha value is -2.81. The van der Waals surface area contributed by atoms with E-state index in [4.69, 9.17) is 14.6 Å². The van der Waals surface area contributed by atoms with Crippen LogP contribution in [0.2, 0.25) is 0 Å². The van der Waals surface area contributed by atoms with Crippen molar-refractivity contribution in [3.05, 3.63) is 30.9 Å². The lowest BCUT2D eigenvalue weighted by molar-refractivity contribution is -0.0644. The minimum Gasteiger partial charge on any atom is -0.473 e. The van der Waals surface area contributed by atoms with Gasteiger partial charge in [-0.25, -0.2) is 14.8 Å². The molecule has 1 saturated heterocycles. The van der Waals surface area contributed by atoms with Crippen molar-refractivity contribution in [1.29, 1.82) is 0 Å². The van der Waals surface area contributed by atoms with Crippen LogP contribution in [0, 0.1) is 0 Å². The third-order valence-corrected chi connectivity index (χ3v) is 5.51. The summed E-state index contributed by atoms with van der Waals surface area (Å²) in [5.41, 5.74) is 1.60. The molecule has 1 amide bonds. The van der Waals surface area contributed by atoms with E-state index in [0.717, 1.165) is 49.8 Å². The summed E-state index contributed by atoms with van der Waals surface area (Å²) in [4.78, 5) is 21.2. The number of nitrogens with zero attached hydrogens (tertiary/aromatic N) is 5. The molecule has 0 bridgehead atoms. The van der Waals surface area contributed by atoms with Crippen molar-refractivity contribution in [3.8, 4) is 17.1 Å². The molecule has 0 aromatic carbocycles. The van der Waals surface area contributed by atoms with E-state index in [0.29, 0.717) is 19.0 Å². The Labute approximate surface area is 169 Å². The van der Waals surface area contributed by atoms with Gasteiger partial charge in [0.2, 0.25) is 5.88 Å². The third kappa shape index (κ3) is 5.17.